The lowest BCUT2D eigenvalue weighted by atomic mass is 9.87. The maximum Gasteiger partial charge on any atom is 0.320 e. The van der Waals surface area contributed by atoms with Crippen molar-refractivity contribution < 1.29 is 14.3 Å². The number of likely N-dealkylation sites (tertiary alicyclic amines) is 1. The molecule has 1 aromatic carbocycles. The third-order valence-corrected chi connectivity index (χ3v) is 8.35. The van der Waals surface area contributed by atoms with Gasteiger partial charge in [-0.3, -0.25) is 4.99 Å². The molecule has 5 aliphatic rings. The van der Waals surface area contributed by atoms with Crippen molar-refractivity contribution in [3.63, 3.8) is 0 Å². The molecular weight excluding hydrogens is 504 g/mol. The average molecular weight is 539 g/mol. The van der Waals surface area contributed by atoms with Crippen LogP contribution in [0.3, 0.4) is 0 Å². The zero-order valence-corrected chi connectivity index (χ0v) is 22.3. The SMILES string of the molecule is NC(N)=C1C=C(Cc2cc3c(c(C4COCCN4)c2)CN(C(=O)N2CC4CCC(C2)O4)CC3)C=NC=C1Cl. The molecule has 3 saturated heterocycles. The summed E-state index contributed by atoms with van der Waals surface area (Å²) in [6.45, 7) is 4.82. The predicted molar refractivity (Wildman–Crippen MR) is 147 cm³/mol. The Kier molecular flexibility index (Phi) is 7.18. The van der Waals surface area contributed by atoms with E-state index in [0.29, 0.717) is 56.4 Å². The number of nitrogens with zero attached hydrogens (tertiary/aromatic N) is 3. The summed E-state index contributed by atoms with van der Waals surface area (Å²) in [6.07, 6.45) is 9.22. The minimum atomic E-state index is 0.0785. The molecule has 9 nitrogen and oxygen atoms in total. The number of halogens is 1. The number of allylic oxidation sites excluding steroid dienone is 4. The largest absolute Gasteiger partial charge is 0.385 e. The van der Waals surface area contributed by atoms with Crippen LogP contribution in [-0.2, 0) is 28.9 Å². The number of carbonyl (C=O) groups excluding carboxylic acids is 1. The number of hydrogen-bond acceptors (Lipinski definition) is 7. The highest BCUT2D eigenvalue weighted by molar-refractivity contribution is 6.32. The van der Waals surface area contributed by atoms with Gasteiger partial charge < -0.3 is 36.1 Å². The van der Waals surface area contributed by atoms with Gasteiger partial charge >= 0.3 is 6.03 Å². The number of hydrogen-bond donors (Lipinski definition) is 3. The van der Waals surface area contributed by atoms with Gasteiger partial charge in [-0.25, -0.2) is 4.79 Å². The predicted octanol–water partition coefficient (Wildman–Crippen LogP) is 2.45. The molecule has 202 valence electrons. The van der Waals surface area contributed by atoms with E-state index in [1.165, 1.54) is 22.3 Å². The van der Waals surface area contributed by atoms with Gasteiger partial charge in [-0.1, -0.05) is 23.7 Å². The molecule has 3 fully saturated rings. The fourth-order valence-corrected chi connectivity index (χ4v) is 6.41. The summed E-state index contributed by atoms with van der Waals surface area (Å²) in [5, 5.41) is 4.04. The first kappa shape index (κ1) is 25.4. The van der Waals surface area contributed by atoms with Crippen molar-refractivity contribution in [3.8, 4) is 0 Å². The van der Waals surface area contributed by atoms with E-state index >= 15 is 0 Å². The summed E-state index contributed by atoms with van der Waals surface area (Å²) in [6, 6.07) is 4.72. The van der Waals surface area contributed by atoms with Gasteiger partial charge in [0.25, 0.3) is 0 Å². The Labute approximate surface area is 228 Å². The standard InChI is InChI=1S/C28H35ClN6O3/c29-25-12-32-11-18(10-23(25)27(30)31)7-17-8-19-3-5-34(28(36)35-13-20-1-2-21(14-35)38-20)15-24(19)22(9-17)26-16-37-6-4-33-26/h8-12,20-21,26,33H,1-7,13-16,30-31H2. The van der Waals surface area contributed by atoms with E-state index in [9.17, 15) is 4.79 Å². The molecule has 2 amide bonds. The van der Waals surface area contributed by atoms with Crippen LogP contribution in [0.5, 0.6) is 0 Å². The molecule has 0 saturated carbocycles. The molecule has 0 aliphatic carbocycles. The lowest BCUT2D eigenvalue weighted by molar-refractivity contribution is -0.0291. The molecule has 0 aromatic heterocycles. The van der Waals surface area contributed by atoms with Gasteiger partial charge in [-0.2, -0.15) is 0 Å². The van der Waals surface area contributed by atoms with Crippen LogP contribution in [0.2, 0.25) is 0 Å². The quantitative estimate of drug-likeness (QED) is 0.544. The monoisotopic (exact) mass is 538 g/mol. The molecule has 3 atom stereocenters. The molecule has 38 heavy (non-hydrogen) atoms. The molecule has 6 rings (SSSR count). The molecule has 0 spiro atoms. The number of amides is 2. The fourth-order valence-electron chi connectivity index (χ4n) is 6.19. The van der Waals surface area contributed by atoms with Crippen molar-refractivity contribution in [3.05, 3.63) is 68.7 Å². The van der Waals surface area contributed by atoms with Crippen LogP contribution in [0.4, 0.5) is 4.79 Å². The summed E-state index contributed by atoms with van der Waals surface area (Å²) in [4.78, 5) is 21.9. The zero-order chi connectivity index (χ0) is 26.2. The van der Waals surface area contributed by atoms with Gasteiger partial charge in [0.05, 0.1) is 36.5 Å². The van der Waals surface area contributed by atoms with Gasteiger partial charge in [0.1, 0.15) is 5.82 Å². The highest BCUT2D eigenvalue weighted by Gasteiger charge is 2.38. The van der Waals surface area contributed by atoms with E-state index in [-0.39, 0.29) is 30.1 Å². The second kappa shape index (κ2) is 10.7. The van der Waals surface area contributed by atoms with E-state index in [2.05, 4.69) is 22.4 Å². The Bertz CT molecular complexity index is 1220. The first-order valence-corrected chi connectivity index (χ1v) is 13.8. The van der Waals surface area contributed by atoms with Crippen LogP contribution in [0.15, 0.2) is 51.4 Å². The molecule has 2 bridgehead atoms. The molecular formula is C28H35ClN6O3. The van der Waals surface area contributed by atoms with Crippen LogP contribution in [0, 0.1) is 0 Å². The van der Waals surface area contributed by atoms with Crippen molar-refractivity contribution >= 4 is 23.8 Å². The Balaban J connectivity index is 1.28. The zero-order valence-electron chi connectivity index (χ0n) is 21.5. The number of benzene rings is 1. The van der Waals surface area contributed by atoms with Crippen molar-refractivity contribution in [2.24, 2.45) is 16.5 Å². The summed E-state index contributed by atoms with van der Waals surface area (Å²) < 4.78 is 11.8. The van der Waals surface area contributed by atoms with Crippen LogP contribution in [0.1, 0.15) is 41.1 Å². The van der Waals surface area contributed by atoms with Gasteiger partial charge in [-0.15, -0.1) is 0 Å². The Morgan fingerprint density at radius 3 is 2.74 bits per heavy atom. The van der Waals surface area contributed by atoms with E-state index in [4.69, 9.17) is 32.5 Å². The van der Waals surface area contributed by atoms with Crippen molar-refractivity contribution in [2.75, 3.05) is 39.4 Å². The van der Waals surface area contributed by atoms with Gasteiger partial charge in [0, 0.05) is 50.7 Å². The minimum Gasteiger partial charge on any atom is -0.385 e. The minimum absolute atomic E-state index is 0.0785. The van der Waals surface area contributed by atoms with E-state index in [1.54, 1.807) is 12.4 Å². The molecule has 1 aromatic rings. The number of ether oxygens (including phenoxy) is 2. The lowest BCUT2D eigenvalue weighted by Gasteiger charge is -2.39. The molecule has 3 unspecified atom stereocenters. The maximum atomic E-state index is 13.5. The van der Waals surface area contributed by atoms with Gasteiger partial charge in [0.15, 0.2) is 0 Å². The van der Waals surface area contributed by atoms with E-state index in [1.807, 2.05) is 15.9 Å². The number of aliphatic imine (C=N–C) groups is 1. The van der Waals surface area contributed by atoms with Crippen molar-refractivity contribution in [2.45, 2.75) is 50.5 Å². The van der Waals surface area contributed by atoms with Crippen molar-refractivity contribution in [1.82, 2.24) is 15.1 Å². The number of morpholine rings is 2. The van der Waals surface area contributed by atoms with E-state index in [0.717, 1.165) is 31.4 Å². The summed E-state index contributed by atoms with van der Waals surface area (Å²) in [7, 11) is 0. The first-order chi connectivity index (χ1) is 18.4. The maximum absolute atomic E-state index is 13.5. The molecule has 5 heterocycles. The second-order valence-corrected chi connectivity index (χ2v) is 11.1. The topological polar surface area (TPSA) is 118 Å². The first-order valence-electron chi connectivity index (χ1n) is 13.4. The number of urea groups is 1. The molecule has 10 heteroatoms. The fraction of sp³-hybridized carbons (Fsp3) is 0.500. The smallest absolute Gasteiger partial charge is 0.320 e. The lowest BCUT2D eigenvalue weighted by Crippen LogP contribution is -2.52. The Morgan fingerprint density at radius 2 is 2.00 bits per heavy atom. The van der Waals surface area contributed by atoms with Crippen LogP contribution < -0.4 is 16.8 Å². The Morgan fingerprint density at radius 1 is 1.18 bits per heavy atom. The van der Waals surface area contributed by atoms with E-state index < -0.39 is 0 Å². The van der Waals surface area contributed by atoms with Crippen molar-refractivity contribution in [1.29, 1.82) is 0 Å². The molecule has 5 N–H and O–H groups in total. The Hall–Kier alpha value is -2.85. The summed E-state index contributed by atoms with van der Waals surface area (Å²) in [5.41, 5.74) is 18.2. The van der Waals surface area contributed by atoms with Crippen LogP contribution in [0.25, 0.3) is 0 Å². The summed E-state index contributed by atoms with van der Waals surface area (Å²) in [5.74, 6) is 0.168. The van der Waals surface area contributed by atoms with Gasteiger partial charge in [-0.05, 0) is 59.6 Å². The highest BCUT2D eigenvalue weighted by Crippen LogP contribution is 2.33. The summed E-state index contributed by atoms with van der Waals surface area (Å²) >= 11 is 6.31. The van der Waals surface area contributed by atoms with Gasteiger partial charge in [0.2, 0.25) is 0 Å². The highest BCUT2D eigenvalue weighted by atomic mass is 35.5. The van der Waals surface area contributed by atoms with Crippen LogP contribution >= 0.6 is 11.6 Å². The number of fused-ring (bicyclic) bond motifs is 3. The number of carbonyl (C=O) groups is 1. The second-order valence-electron chi connectivity index (χ2n) is 10.7. The molecule has 0 radical (unpaired) electrons. The third kappa shape index (κ3) is 5.20. The third-order valence-electron chi connectivity index (χ3n) is 8.05. The normalized spacial score (nSPS) is 27.0. The number of nitrogens with one attached hydrogen (secondary N) is 1. The average Bonchev–Trinajstić information content (AvgIpc) is 3.15. The molecule has 5 aliphatic heterocycles. The number of rotatable bonds is 3. The number of nitrogens with two attached hydrogens (primary N) is 2. The van der Waals surface area contributed by atoms with Crippen LogP contribution in [-0.4, -0.2) is 73.6 Å².